The van der Waals surface area contributed by atoms with E-state index in [2.05, 4.69) is 0 Å². The van der Waals surface area contributed by atoms with Gasteiger partial charge in [-0.1, -0.05) is 18.2 Å². The van der Waals surface area contributed by atoms with Crippen molar-refractivity contribution in [2.24, 2.45) is 5.73 Å². The fourth-order valence-corrected chi connectivity index (χ4v) is 1.70. The van der Waals surface area contributed by atoms with Crippen LogP contribution in [0.25, 0.3) is 11.1 Å². The molecule has 18 heavy (non-hydrogen) atoms. The van der Waals surface area contributed by atoms with Crippen LogP contribution in [-0.2, 0) is 0 Å². The maximum Gasteiger partial charge on any atom is 0.249 e. The van der Waals surface area contributed by atoms with Crippen LogP contribution in [0.5, 0.6) is 0 Å². The van der Waals surface area contributed by atoms with Gasteiger partial charge < -0.3 is 5.73 Å². The standard InChI is InChI=1S/C13H8F3NO/c14-9-5-2-4-8(13(17)18)11(9)7-3-1-6-10(15)12(7)16/h1-6H,(H2,17,18). The topological polar surface area (TPSA) is 43.1 Å². The Morgan fingerprint density at radius 3 is 2.22 bits per heavy atom. The highest BCUT2D eigenvalue weighted by Crippen LogP contribution is 2.29. The third-order valence-electron chi connectivity index (χ3n) is 2.50. The summed E-state index contributed by atoms with van der Waals surface area (Å²) in [5.74, 6) is -4.08. The zero-order chi connectivity index (χ0) is 13.3. The zero-order valence-electron chi connectivity index (χ0n) is 9.08. The van der Waals surface area contributed by atoms with E-state index < -0.39 is 23.4 Å². The molecule has 0 aliphatic rings. The second-order valence-corrected chi connectivity index (χ2v) is 3.63. The number of halogens is 3. The molecule has 0 spiro atoms. The smallest absolute Gasteiger partial charge is 0.249 e. The van der Waals surface area contributed by atoms with E-state index in [1.807, 2.05) is 0 Å². The summed E-state index contributed by atoms with van der Waals surface area (Å²) in [5, 5.41) is 0. The Kier molecular flexibility index (Phi) is 3.06. The number of rotatable bonds is 2. The van der Waals surface area contributed by atoms with Gasteiger partial charge in [-0.05, 0) is 18.2 Å². The van der Waals surface area contributed by atoms with Crippen molar-refractivity contribution in [3.8, 4) is 11.1 Å². The van der Waals surface area contributed by atoms with Crippen LogP contribution in [0, 0.1) is 17.5 Å². The van der Waals surface area contributed by atoms with Crippen LogP contribution in [0.1, 0.15) is 10.4 Å². The van der Waals surface area contributed by atoms with Crippen LogP contribution in [0.15, 0.2) is 36.4 Å². The minimum atomic E-state index is -1.22. The maximum atomic E-state index is 13.7. The van der Waals surface area contributed by atoms with Crippen LogP contribution in [-0.4, -0.2) is 5.91 Å². The number of benzene rings is 2. The van der Waals surface area contributed by atoms with Gasteiger partial charge in [0.05, 0.1) is 0 Å². The second-order valence-electron chi connectivity index (χ2n) is 3.63. The van der Waals surface area contributed by atoms with Crippen molar-refractivity contribution in [1.29, 1.82) is 0 Å². The van der Waals surface area contributed by atoms with Crippen molar-refractivity contribution in [2.75, 3.05) is 0 Å². The molecule has 2 N–H and O–H groups in total. The van der Waals surface area contributed by atoms with Gasteiger partial charge in [-0.3, -0.25) is 4.79 Å². The molecule has 0 aliphatic heterocycles. The summed E-state index contributed by atoms with van der Waals surface area (Å²) in [5.41, 5.74) is 4.23. The van der Waals surface area contributed by atoms with Crippen molar-refractivity contribution in [2.45, 2.75) is 0 Å². The van der Waals surface area contributed by atoms with E-state index in [0.717, 1.165) is 12.1 Å². The summed E-state index contributed by atoms with van der Waals surface area (Å²) in [6, 6.07) is 6.89. The molecule has 2 nitrogen and oxygen atoms in total. The van der Waals surface area contributed by atoms with Crippen molar-refractivity contribution < 1.29 is 18.0 Å². The predicted octanol–water partition coefficient (Wildman–Crippen LogP) is 2.87. The third-order valence-corrected chi connectivity index (χ3v) is 2.50. The fourth-order valence-electron chi connectivity index (χ4n) is 1.70. The molecule has 92 valence electrons. The molecule has 0 saturated carbocycles. The van der Waals surface area contributed by atoms with Gasteiger partial charge >= 0.3 is 0 Å². The van der Waals surface area contributed by atoms with Crippen LogP contribution < -0.4 is 5.73 Å². The van der Waals surface area contributed by atoms with Gasteiger partial charge in [-0.25, -0.2) is 13.2 Å². The van der Waals surface area contributed by atoms with Crippen molar-refractivity contribution in [3.05, 3.63) is 59.4 Å². The quantitative estimate of drug-likeness (QED) is 0.876. The molecule has 2 rings (SSSR count). The van der Waals surface area contributed by atoms with E-state index in [1.54, 1.807) is 0 Å². The lowest BCUT2D eigenvalue weighted by Gasteiger charge is -2.09. The van der Waals surface area contributed by atoms with E-state index >= 15 is 0 Å². The van der Waals surface area contributed by atoms with E-state index in [0.29, 0.717) is 0 Å². The second kappa shape index (κ2) is 4.52. The van der Waals surface area contributed by atoms with Crippen LogP contribution >= 0.6 is 0 Å². The minimum Gasteiger partial charge on any atom is -0.366 e. The number of hydrogen-bond donors (Lipinski definition) is 1. The number of hydrogen-bond acceptors (Lipinski definition) is 1. The van der Waals surface area contributed by atoms with Crippen LogP contribution in [0.2, 0.25) is 0 Å². The first-order valence-corrected chi connectivity index (χ1v) is 5.05. The predicted molar refractivity (Wildman–Crippen MR) is 60.3 cm³/mol. The average molecular weight is 251 g/mol. The number of carbonyl (C=O) groups is 1. The van der Waals surface area contributed by atoms with Crippen molar-refractivity contribution in [1.82, 2.24) is 0 Å². The Morgan fingerprint density at radius 2 is 1.56 bits per heavy atom. The first-order valence-electron chi connectivity index (χ1n) is 5.05. The van der Waals surface area contributed by atoms with Gasteiger partial charge in [-0.2, -0.15) is 0 Å². The van der Waals surface area contributed by atoms with Crippen LogP contribution in [0.3, 0.4) is 0 Å². The molecule has 0 radical (unpaired) electrons. The van der Waals surface area contributed by atoms with E-state index in [4.69, 9.17) is 5.73 Å². The molecular weight excluding hydrogens is 243 g/mol. The van der Waals surface area contributed by atoms with Gasteiger partial charge in [0.1, 0.15) is 5.82 Å². The Balaban J connectivity index is 2.78. The largest absolute Gasteiger partial charge is 0.366 e. The van der Waals surface area contributed by atoms with Crippen molar-refractivity contribution in [3.63, 3.8) is 0 Å². The highest BCUT2D eigenvalue weighted by molar-refractivity contribution is 6.00. The Hall–Kier alpha value is -2.30. The number of primary amides is 1. The average Bonchev–Trinajstić information content (AvgIpc) is 2.33. The summed E-state index contributed by atoms with van der Waals surface area (Å²) in [4.78, 5) is 11.2. The molecule has 0 unspecified atom stereocenters. The Morgan fingerprint density at radius 1 is 0.944 bits per heavy atom. The SMILES string of the molecule is NC(=O)c1cccc(F)c1-c1cccc(F)c1F. The molecule has 1 amide bonds. The van der Waals surface area contributed by atoms with E-state index in [-0.39, 0.29) is 16.7 Å². The van der Waals surface area contributed by atoms with Gasteiger partial charge in [0.2, 0.25) is 5.91 Å². The highest BCUT2D eigenvalue weighted by Gasteiger charge is 2.19. The molecule has 5 heteroatoms. The van der Waals surface area contributed by atoms with Gasteiger partial charge in [0, 0.05) is 16.7 Å². The number of carbonyl (C=O) groups excluding carboxylic acids is 1. The molecule has 0 aromatic heterocycles. The minimum absolute atomic E-state index is 0.195. The summed E-state index contributed by atoms with van der Waals surface area (Å²) in [6.07, 6.45) is 0. The Labute approximate surface area is 101 Å². The fraction of sp³-hybridized carbons (Fsp3) is 0. The third kappa shape index (κ3) is 1.95. The molecule has 0 fully saturated rings. The molecule has 0 atom stereocenters. The summed E-state index contributed by atoms with van der Waals surface area (Å²) < 4.78 is 40.4. The first kappa shape index (κ1) is 12.2. The maximum absolute atomic E-state index is 13.7. The molecule has 0 heterocycles. The summed E-state index contributed by atoms with van der Waals surface area (Å²) in [7, 11) is 0. The normalized spacial score (nSPS) is 10.4. The van der Waals surface area contributed by atoms with Gasteiger partial charge in [0.15, 0.2) is 11.6 Å². The number of amides is 1. The summed E-state index contributed by atoms with van der Waals surface area (Å²) in [6.45, 7) is 0. The lowest BCUT2D eigenvalue weighted by Crippen LogP contribution is -2.13. The number of nitrogens with two attached hydrogens (primary N) is 1. The molecule has 0 bridgehead atoms. The molecular formula is C13H8F3NO. The van der Waals surface area contributed by atoms with Crippen molar-refractivity contribution >= 4 is 5.91 Å². The highest BCUT2D eigenvalue weighted by atomic mass is 19.2. The monoisotopic (exact) mass is 251 g/mol. The molecule has 2 aromatic rings. The van der Waals surface area contributed by atoms with E-state index in [9.17, 15) is 18.0 Å². The van der Waals surface area contributed by atoms with Gasteiger partial charge in [-0.15, -0.1) is 0 Å². The van der Waals surface area contributed by atoms with E-state index in [1.165, 1.54) is 24.3 Å². The first-order chi connectivity index (χ1) is 8.52. The van der Waals surface area contributed by atoms with Gasteiger partial charge in [0.25, 0.3) is 0 Å². The van der Waals surface area contributed by atoms with Crippen LogP contribution in [0.4, 0.5) is 13.2 Å². The lowest BCUT2D eigenvalue weighted by molar-refractivity contribution is 0.100. The molecule has 2 aromatic carbocycles. The molecule has 0 saturated heterocycles. The summed E-state index contributed by atoms with van der Waals surface area (Å²) >= 11 is 0. The Bertz CT molecular complexity index is 626. The molecule has 0 aliphatic carbocycles. The lowest BCUT2D eigenvalue weighted by atomic mass is 9.98. The zero-order valence-corrected chi connectivity index (χ0v) is 9.08.